The van der Waals surface area contributed by atoms with Crippen LogP contribution in [0.25, 0.3) is 11.1 Å². The maximum Gasteiger partial charge on any atom is 0.410 e. The molecule has 28 heavy (non-hydrogen) atoms. The van der Waals surface area contributed by atoms with Crippen molar-refractivity contribution in [3.63, 3.8) is 0 Å². The predicted molar refractivity (Wildman–Crippen MR) is 110 cm³/mol. The van der Waals surface area contributed by atoms with Crippen molar-refractivity contribution in [2.45, 2.75) is 51.8 Å². The molecule has 3 rings (SSSR count). The molecule has 1 aliphatic heterocycles. The third-order valence-electron chi connectivity index (χ3n) is 4.71. The summed E-state index contributed by atoms with van der Waals surface area (Å²) in [5.41, 5.74) is 2.76. The van der Waals surface area contributed by atoms with Gasteiger partial charge in [-0.3, -0.25) is 9.69 Å². The van der Waals surface area contributed by atoms with Crippen molar-refractivity contribution in [2.75, 3.05) is 6.54 Å². The topological polar surface area (TPSA) is 58.6 Å². The first kappa shape index (κ1) is 19.9. The number of nitrogens with zero attached hydrogens (tertiary/aromatic N) is 1. The van der Waals surface area contributed by atoms with Gasteiger partial charge < -0.3 is 10.1 Å². The molecule has 1 N–H and O–H groups in total. The quantitative estimate of drug-likeness (QED) is 0.857. The Morgan fingerprint density at radius 3 is 2.32 bits per heavy atom. The summed E-state index contributed by atoms with van der Waals surface area (Å²) < 4.78 is 5.43. The highest BCUT2D eigenvalue weighted by molar-refractivity contribution is 5.86. The standard InChI is InChI=1S/C23H28N2O3/c1-23(2,3)28-22(27)25-15-7-10-20(25)21(26)24-16-17-11-13-19(14-12-17)18-8-5-4-6-9-18/h4-6,8-9,11-14,20H,7,10,15-16H2,1-3H3,(H,24,26). The number of rotatable bonds is 4. The Bertz CT molecular complexity index is 810. The fourth-order valence-electron chi connectivity index (χ4n) is 3.33. The second-order valence-electron chi connectivity index (χ2n) is 8.11. The van der Waals surface area contributed by atoms with Crippen LogP contribution in [0.4, 0.5) is 4.79 Å². The normalized spacial score (nSPS) is 16.7. The first-order chi connectivity index (χ1) is 13.3. The summed E-state index contributed by atoms with van der Waals surface area (Å²) in [7, 11) is 0. The molecule has 2 aromatic rings. The third-order valence-corrected chi connectivity index (χ3v) is 4.71. The second kappa shape index (κ2) is 8.46. The van der Waals surface area contributed by atoms with Crippen LogP contribution in [-0.4, -0.2) is 35.1 Å². The number of hydrogen-bond acceptors (Lipinski definition) is 3. The van der Waals surface area contributed by atoms with Crippen LogP contribution < -0.4 is 5.32 Å². The van der Waals surface area contributed by atoms with Crippen LogP contribution in [0, 0.1) is 0 Å². The van der Waals surface area contributed by atoms with E-state index in [-0.39, 0.29) is 5.91 Å². The third kappa shape index (κ3) is 5.12. The number of nitrogens with one attached hydrogen (secondary N) is 1. The molecule has 5 heteroatoms. The van der Waals surface area contributed by atoms with E-state index in [0.717, 1.165) is 23.1 Å². The first-order valence-corrected chi connectivity index (χ1v) is 9.75. The molecule has 0 aromatic heterocycles. The van der Waals surface area contributed by atoms with Gasteiger partial charge in [0, 0.05) is 13.1 Å². The van der Waals surface area contributed by atoms with Crippen molar-refractivity contribution < 1.29 is 14.3 Å². The van der Waals surface area contributed by atoms with Crippen molar-refractivity contribution in [1.29, 1.82) is 0 Å². The summed E-state index contributed by atoms with van der Waals surface area (Å²) in [5.74, 6) is -0.129. The van der Waals surface area contributed by atoms with E-state index in [2.05, 4.69) is 29.6 Å². The minimum Gasteiger partial charge on any atom is -0.444 e. The van der Waals surface area contributed by atoms with E-state index in [1.165, 1.54) is 0 Å². The Morgan fingerprint density at radius 2 is 1.68 bits per heavy atom. The number of hydrogen-bond donors (Lipinski definition) is 1. The molecule has 2 aromatic carbocycles. The molecule has 0 saturated carbocycles. The fraction of sp³-hybridized carbons (Fsp3) is 0.391. The minimum atomic E-state index is -0.568. The molecule has 1 atom stereocenters. The van der Waals surface area contributed by atoms with E-state index >= 15 is 0 Å². The van der Waals surface area contributed by atoms with E-state index in [9.17, 15) is 9.59 Å². The highest BCUT2D eigenvalue weighted by Crippen LogP contribution is 2.22. The van der Waals surface area contributed by atoms with Gasteiger partial charge in [-0.25, -0.2) is 4.79 Å². The lowest BCUT2D eigenvalue weighted by Gasteiger charge is -2.28. The number of ether oxygens (including phenoxy) is 1. The van der Waals surface area contributed by atoms with Gasteiger partial charge in [-0.15, -0.1) is 0 Å². The van der Waals surface area contributed by atoms with Crippen molar-refractivity contribution >= 4 is 12.0 Å². The molecule has 0 radical (unpaired) electrons. The maximum absolute atomic E-state index is 12.6. The van der Waals surface area contributed by atoms with Crippen molar-refractivity contribution in [1.82, 2.24) is 10.2 Å². The molecule has 5 nitrogen and oxygen atoms in total. The molecular formula is C23H28N2O3. The van der Waals surface area contributed by atoms with Gasteiger partial charge in [0.15, 0.2) is 0 Å². The molecule has 0 spiro atoms. The summed E-state index contributed by atoms with van der Waals surface area (Å²) in [6.07, 6.45) is 1.05. The summed E-state index contributed by atoms with van der Waals surface area (Å²) in [6.45, 7) is 6.48. The Labute approximate surface area is 166 Å². The maximum atomic E-state index is 12.6. The first-order valence-electron chi connectivity index (χ1n) is 9.75. The van der Waals surface area contributed by atoms with Crippen LogP contribution in [0.5, 0.6) is 0 Å². The number of amides is 2. The molecule has 2 amide bonds. The summed E-state index contributed by atoms with van der Waals surface area (Å²) in [4.78, 5) is 26.5. The molecule has 1 unspecified atom stereocenters. The zero-order chi connectivity index (χ0) is 20.1. The van der Waals surface area contributed by atoms with Gasteiger partial charge in [0.1, 0.15) is 11.6 Å². The van der Waals surface area contributed by atoms with Crippen LogP contribution in [0.15, 0.2) is 54.6 Å². The highest BCUT2D eigenvalue weighted by Gasteiger charge is 2.36. The molecule has 148 valence electrons. The van der Waals surface area contributed by atoms with Crippen molar-refractivity contribution in [2.24, 2.45) is 0 Å². The van der Waals surface area contributed by atoms with Crippen LogP contribution in [0.1, 0.15) is 39.2 Å². The summed E-state index contributed by atoms with van der Waals surface area (Å²) in [5, 5.41) is 2.96. The lowest BCUT2D eigenvalue weighted by molar-refractivity contribution is -0.125. The number of carbonyl (C=O) groups excluding carboxylic acids is 2. The number of benzene rings is 2. The number of likely N-dealkylation sites (tertiary alicyclic amines) is 1. The average Bonchev–Trinajstić information content (AvgIpc) is 3.16. The van der Waals surface area contributed by atoms with E-state index in [4.69, 9.17) is 4.74 Å². The van der Waals surface area contributed by atoms with E-state index in [1.54, 1.807) is 4.90 Å². The van der Waals surface area contributed by atoms with Gasteiger partial charge in [0.05, 0.1) is 0 Å². The zero-order valence-electron chi connectivity index (χ0n) is 16.8. The van der Waals surface area contributed by atoms with Gasteiger partial charge in [-0.05, 0) is 50.3 Å². The molecule has 1 aliphatic rings. The lowest BCUT2D eigenvalue weighted by atomic mass is 10.0. The molecule has 0 aliphatic carbocycles. The average molecular weight is 380 g/mol. The number of carbonyl (C=O) groups is 2. The molecule has 1 saturated heterocycles. The zero-order valence-corrected chi connectivity index (χ0v) is 16.8. The Hall–Kier alpha value is -2.82. The summed E-state index contributed by atoms with van der Waals surface area (Å²) >= 11 is 0. The van der Waals surface area contributed by atoms with Gasteiger partial charge >= 0.3 is 6.09 Å². The van der Waals surface area contributed by atoms with E-state index in [0.29, 0.717) is 19.5 Å². The largest absolute Gasteiger partial charge is 0.444 e. The Balaban J connectivity index is 1.57. The van der Waals surface area contributed by atoms with Gasteiger partial charge in [-0.1, -0.05) is 54.6 Å². The molecular weight excluding hydrogens is 352 g/mol. The molecule has 1 heterocycles. The van der Waals surface area contributed by atoms with Crippen molar-refractivity contribution in [3.05, 3.63) is 60.2 Å². The van der Waals surface area contributed by atoms with Crippen LogP contribution >= 0.6 is 0 Å². The monoisotopic (exact) mass is 380 g/mol. The van der Waals surface area contributed by atoms with Gasteiger partial charge in [0.25, 0.3) is 0 Å². The van der Waals surface area contributed by atoms with Gasteiger partial charge in [-0.2, -0.15) is 0 Å². The minimum absolute atomic E-state index is 0.129. The van der Waals surface area contributed by atoms with E-state index in [1.807, 2.05) is 51.1 Å². The highest BCUT2D eigenvalue weighted by atomic mass is 16.6. The molecule has 1 fully saturated rings. The van der Waals surface area contributed by atoms with Crippen LogP contribution in [0.3, 0.4) is 0 Å². The predicted octanol–water partition coefficient (Wildman–Crippen LogP) is 4.37. The van der Waals surface area contributed by atoms with Crippen LogP contribution in [-0.2, 0) is 16.1 Å². The Kier molecular flexibility index (Phi) is 6.02. The lowest BCUT2D eigenvalue weighted by Crippen LogP contribution is -2.47. The van der Waals surface area contributed by atoms with Gasteiger partial charge in [0.2, 0.25) is 5.91 Å². The second-order valence-corrected chi connectivity index (χ2v) is 8.11. The Morgan fingerprint density at radius 1 is 1.04 bits per heavy atom. The summed E-state index contributed by atoms with van der Waals surface area (Å²) in [6, 6.07) is 17.9. The molecule has 0 bridgehead atoms. The SMILES string of the molecule is CC(C)(C)OC(=O)N1CCCC1C(=O)NCc1ccc(-c2ccccc2)cc1. The smallest absolute Gasteiger partial charge is 0.410 e. The van der Waals surface area contributed by atoms with E-state index < -0.39 is 17.7 Å². The van der Waals surface area contributed by atoms with Crippen LogP contribution in [0.2, 0.25) is 0 Å². The van der Waals surface area contributed by atoms with Crippen molar-refractivity contribution in [3.8, 4) is 11.1 Å². The fourth-order valence-corrected chi connectivity index (χ4v) is 3.33.